The molecule has 2 heterocycles. The van der Waals surface area contributed by atoms with E-state index in [0.29, 0.717) is 13.1 Å². The van der Waals surface area contributed by atoms with Crippen LogP contribution in [0.5, 0.6) is 0 Å². The molecule has 2 aromatic carbocycles. The molecule has 8 nitrogen and oxygen atoms in total. The first-order valence-electron chi connectivity index (χ1n) is 16.0. The third kappa shape index (κ3) is 5.64. The number of para-hydroxylation sites is 1. The van der Waals surface area contributed by atoms with Gasteiger partial charge in [0.15, 0.2) is 0 Å². The number of nitrogens with zero attached hydrogens (tertiary/aromatic N) is 2. The molecule has 1 spiro atoms. The molecule has 0 radical (unpaired) electrons. The molecule has 6 rings (SSSR count). The van der Waals surface area contributed by atoms with Gasteiger partial charge in [-0.2, -0.15) is 0 Å². The first-order valence-corrected chi connectivity index (χ1v) is 16.0. The number of fused-ring (bicyclic) bond motifs is 3. The second kappa shape index (κ2) is 12.1. The fourth-order valence-electron chi connectivity index (χ4n) is 7.92. The normalized spacial score (nSPS) is 21.3. The molecule has 1 saturated carbocycles. The number of carbonyl (C=O) groups excluding carboxylic acids is 3. The lowest BCUT2D eigenvalue weighted by atomic mass is 9.73. The molecule has 228 valence electrons. The molecule has 3 N–H and O–H groups in total. The van der Waals surface area contributed by atoms with Gasteiger partial charge in [0, 0.05) is 61.7 Å². The molecule has 2 unspecified atom stereocenters. The summed E-state index contributed by atoms with van der Waals surface area (Å²) in [5, 5.41) is 7.34. The lowest BCUT2D eigenvalue weighted by Crippen LogP contribution is -2.56. The van der Waals surface area contributed by atoms with Gasteiger partial charge in [-0.25, -0.2) is 4.79 Å². The summed E-state index contributed by atoms with van der Waals surface area (Å²) in [6.45, 7) is 3.23. The van der Waals surface area contributed by atoms with Crippen molar-refractivity contribution in [2.24, 2.45) is 0 Å². The van der Waals surface area contributed by atoms with Crippen molar-refractivity contribution in [2.75, 3.05) is 27.2 Å². The first-order chi connectivity index (χ1) is 20.8. The molecule has 43 heavy (non-hydrogen) atoms. The highest BCUT2D eigenvalue weighted by molar-refractivity contribution is 5.90. The number of likely N-dealkylation sites (N-methyl/N-ethyl adjacent to an activating group) is 1. The van der Waals surface area contributed by atoms with E-state index in [1.807, 2.05) is 56.4 Å². The first kappa shape index (κ1) is 29.3. The van der Waals surface area contributed by atoms with Crippen LogP contribution in [0, 0.1) is 0 Å². The van der Waals surface area contributed by atoms with Crippen LogP contribution in [0.4, 0.5) is 4.79 Å². The zero-order chi connectivity index (χ0) is 30.1. The average Bonchev–Trinajstić information content (AvgIpc) is 3.60. The number of hydrogen-bond donors (Lipinski definition) is 3. The number of hydrogen-bond acceptors (Lipinski definition) is 3. The second-order valence-electron chi connectivity index (χ2n) is 13.2. The van der Waals surface area contributed by atoms with E-state index in [-0.39, 0.29) is 41.1 Å². The van der Waals surface area contributed by atoms with Crippen LogP contribution in [-0.4, -0.2) is 71.9 Å². The molecule has 3 atom stereocenters. The van der Waals surface area contributed by atoms with Crippen LogP contribution in [0.25, 0.3) is 10.9 Å². The topological polar surface area (TPSA) is 97.5 Å². The highest BCUT2D eigenvalue weighted by Gasteiger charge is 2.49. The van der Waals surface area contributed by atoms with Crippen molar-refractivity contribution in [3.63, 3.8) is 0 Å². The predicted molar refractivity (Wildman–Crippen MR) is 169 cm³/mol. The molecule has 4 amide bonds. The smallest absolute Gasteiger partial charge is 0.315 e. The van der Waals surface area contributed by atoms with Crippen LogP contribution in [0.2, 0.25) is 0 Å². The Balaban J connectivity index is 1.22. The van der Waals surface area contributed by atoms with Crippen LogP contribution in [0.1, 0.15) is 86.8 Å². The Labute approximate surface area is 254 Å². The van der Waals surface area contributed by atoms with Crippen molar-refractivity contribution in [1.29, 1.82) is 0 Å². The van der Waals surface area contributed by atoms with Crippen LogP contribution in [-0.2, 0) is 15.0 Å². The van der Waals surface area contributed by atoms with Crippen LogP contribution in [0.15, 0.2) is 54.7 Å². The van der Waals surface area contributed by atoms with E-state index in [9.17, 15) is 14.4 Å². The van der Waals surface area contributed by atoms with Crippen LogP contribution < -0.4 is 10.6 Å². The summed E-state index contributed by atoms with van der Waals surface area (Å²) in [5.74, 6) is -0.276. The minimum atomic E-state index is -0.698. The van der Waals surface area contributed by atoms with Gasteiger partial charge in [-0.1, -0.05) is 68.7 Å². The Hall–Kier alpha value is -3.81. The number of carbonyl (C=O) groups is 3. The van der Waals surface area contributed by atoms with E-state index in [1.165, 1.54) is 12.0 Å². The monoisotopic (exact) mass is 583 g/mol. The summed E-state index contributed by atoms with van der Waals surface area (Å²) in [6, 6.07) is 15.6. The molecular formula is C35H45N5O3. The third-order valence-electron chi connectivity index (χ3n) is 10.4. The van der Waals surface area contributed by atoms with E-state index in [4.69, 9.17) is 0 Å². The second-order valence-corrected chi connectivity index (χ2v) is 13.2. The summed E-state index contributed by atoms with van der Waals surface area (Å²) in [6.07, 6.45) is 9.78. The van der Waals surface area contributed by atoms with Crippen molar-refractivity contribution < 1.29 is 14.4 Å². The van der Waals surface area contributed by atoms with Crippen molar-refractivity contribution in [3.05, 3.63) is 71.4 Å². The lowest BCUT2D eigenvalue weighted by Gasteiger charge is -2.42. The van der Waals surface area contributed by atoms with Gasteiger partial charge >= 0.3 is 6.03 Å². The number of rotatable bonds is 6. The van der Waals surface area contributed by atoms with E-state index in [2.05, 4.69) is 39.9 Å². The Morgan fingerprint density at radius 1 is 0.977 bits per heavy atom. The standard InChI is InChI=1S/C35H45N5O3/c1-23(28-22-36-30-16-10-8-14-26(28)30)31(38-34(43)37-24-11-5-4-6-12-24)33(42)40-19-17-35(18-20-40)21-27(32(41)39(2)3)25-13-7-9-15-29(25)35/h7-10,13-16,22-24,27,31,36H,4-6,11-12,17-21H2,1-3H3,(H2,37,38,43)/t23?,27-,31?/m1/s1. The summed E-state index contributed by atoms with van der Waals surface area (Å²) in [4.78, 5) is 47.7. The Morgan fingerprint density at radius 3 is 2.42 bits per heavy atom. The number of amides is 4. The Bertz CT molecular complexity index is 1480. The largest absolute Gasteiger partial charge is 0.361 e. The van der Waals surface area contributed by atoms with Gasteiger partial charge in [-0.15, -0.1) is 0 Å². The maximum Gasteiger partial charge on any atom is 0.315 e. The van der Waals surface area contributed by atoms with Gasteiger partial charge < -0.3 is 25.4 Å². The molecule has 3 aliphatic rings. The highest BCUT2D eigenvalue weighted by Crippen LogP contribution is 2.52. The molecule has 2 aliphatic carbocycles. The number of likely N-dealkylation sites (tertiary alicyclic amines) is 1. The van der Waals surface area contributed by atoms with Crippen molar-refractivity contribution in [2.45, 2.75) is 87.6 Å². The molecular weight excluding hydrogens is 538 g/mol. The summed E-state index contributed by atoms with van der Waals surface area (Å²) >= 11 is 0. The number of urea groups is 1. The Morgan fingerprint density at radius 2 is 1.67 bits per heavy atom. The van der Waals surface area contributed by atoms with E-state index >= 15 is 0 Å². The molecule has 0 bridgehead atoms. The minimum Gasteiger partial charge on any atom is -0.361 e. The highest BCUT2D eigenvalue weighted by atomic mass is 16.2. The van der Waals surface area contributed by atoms with Crippen LogP contribution >= 0.6 is 0 Å². The summed E-state index contributed by atoms with van der Waals surface area (Å²) in [7, 11) is 3.65. The fraction of sp³-hybridized carbons (Fsp3) is 0.514. The van der Waals surface area contributed by atoms with Crippen molar-refractivity contribution in [1.82, 2.24) is 25.4 Å². The number of aromatic amines is 1. The molecule has 2 fully saturated rings. The van der Waals surface area contributed by atoms with Gasteiger partial charge in [0.25, 0.3) is 0 Å². The van der Waals surface area contributed by atoms with Gasteiger partial charge in [0.1, 0.15) is 6.04 Å². The Kier molecular flexibility index (Phi) is 8.21. The number of nitrogens with one attached hydrogen (secondary N) is 3. The van der Waals surface area contributed by atoms with Crippen LogP contribution in [0.3, 0.4) is 0 Å². The van der Waals surface area contributed by atoms with Crippen molar-refractivity contribution in [3.8, 4) is 0 Å². The third-order valence-corrected chi connectivity index (χ3v) is 10.4. The van der Waals surface area contributed by atoms with Gasteiger partial charge in [0.05, 0.1) is 5.92 Å². The summed E-state index contributed by atoms with van der Waals surface area (Å²) < 4.78 is 0. The SMILES string of the molecule is CC(c1c[nH]c2ccccc12)C(NC(=O)NC1CCCCC1)C(=O)N1CCC2(CC1)C[C@@H](C(=O)N(C)C)c1ccccc12. The molecule has 3 aromatic rings. The van der Waals surface area contributed by atoms with Crippen molar-refractivity contribution >= 4 is 28.7 Å². The van der Waals surface area contributed by atoms with Gasteiger partial charge in [0.2, 0.25) is 11.8 Å². The van der Waals surface area contributed by atoms with E-state index in [0.717, 1.165) is 67.0 Å². The number of piperidine rings is 1. The minimum absolute atomic E-state index is 0.0429. The fourth-order valence-corrected chi connectivity index (χ4v) is 7.92. The molecule has 1 saturated heterocycles. The molecule has 8 heteroatoms. The number of H-pyrrole nitrogens is 1. The van der Waals surface area contributed by atoms with Gasteiger partial charge in [-0.3, -0.25) is 9.59 Å². The maximum atomic E-state index is 14.3. The lowest BCUT2D eigenvalue weighted by molar-refractivity contribution is -0.136. The zero-order valence-electron chi connectivity index (χ0n) is 25.7. The quantitative estimate of drug-likeness (QED) is 0.362. The number of aromatic nitrogens is 1. The van der Waals surface area contributed by atoms with E-state index in [1.54, 1.807) is 4.90 Å². The predicted octanol–water partition coefficient (Wildman–Crippen LogP) is 5.41. The molecule has 1 aliphatic heterocycles. The zero-order valence-corrected chi connectivity index (χ0v) is 25.7. The average molecular weight is 584 g/mol. The maximum absolute atomic E-state index is 14.3. The number of benzene rings is 2. The van der Waals surface area contributed by atoms with E-state index < -0.39 is 6.04 Å². The van der Waals surface area contributed by atoms with Gasteiger partial charge in [-0.05, 0) is 54.9 Å². The molecule has 1 aromatic heterocycles. The summed E-state index contributed by atoms with van der Waals surface area (Å²) in [5.41, 5.74) is 4.32.